The van der Waals surface area contributed by atoms with Crippen LogP contribution in [0.3, 0.4) is 0 Å². The molecule has 0 radical (unpaired) electrons. The molecule has 0 aliphatic carbocycles. The van der Waals surface area contributed by atoms with Crippen LogP contribution in [-0.4, -0.2) is 63.0 Å². The molecule has 3 rings (SSSR count). The number of carbonyl (C=O) groups excluding carboxylic acids is 1. The van der Waals surface area contributed by atoms with Crippen LogP contribution in [0.5, 0.6) is 0 Å². The van der Waals surface area contributed by atoms with Crippen molar-refractivity contribution in [2.24, 2.45) is 0 Å². The fourth-order valence-electron chi connectivity index (χ4n) is 2.88. The molecule has 152 valence electrons. The summed E-state index contributed by atoms with van der Waals surface area (Å²) < 4.78 is 39.8. The van der Waals surface area contributed by atoms with Crippen molar-refractivity contribution in [3.05, 3.63) is 28.7 Å². The minimum atomic E-state index is -4.66. The highest BCUT2D eigenvalue weighted by molar-refractivity contribution is 7.98. The summed E-state index contributed by atoms with van der Waals surface area (Å²) >= 11 is 7.18. The zero-order valence-corrected chi connectivity index (χ0v) is 16.8. The Labute approximate surface area is 168 Å². The molecular weight excluding hydrogens is 417 g/mol. The van der Waals surface area contributed by atoms with Gasteiger partial charge in [-0.1, -0.05) is 23.4 Å². The number of hydrogen-bond acceptors (Lipinski definition) is 6. The normalized spacial score (nSPS) is 15.2. The molecule has 0 N–H and O–H groups in total. The van der Waals surface area contributed by atoms with Crippen LogP contribution in [0.15, 0.2) is 17.4 Å². The second kappa shape index (κ2) is 8.16. The van der Waals surface area contributed by atoms with Gasteiger partial charge in [0.15, 0.2) is 10.9 Å². The topological polar surface area (TPSA) is 67.2 Å². The van der Waals surface area contributed by atoms with Gasteiger partial charge in [-0.25, -0.2) is 9.97 Å². The maximum Gasteiger partial charge on any atom is 0.436 e. The molecule has 2 aromatic heterocycles. The molecule has 0 spiro atoms. The summed E-state index contributed by atoms with van der Waals surface area (Å²) in [4.78, 5) is 24.8. The van der Waals surface area contributed by atoms with Gasteiger partial charge in [0.25, 0.3) is 0 Å². The SMILES string of the molecule is CSc1nccc(N2CCN(C(=O)Cn3nc(C(F)(F)F)c(Cl)c3C)CC2)n1. The molecule has 1 amide bonds. The van der Waals surface area contributed by atoms with E-state index in [0.29, 0.717) is 31.3 Å². The highest BCUT2D eigenvalue weighted by atomic mass is 35.5. The fraction of sp³-hybridized carbons (Fsp3) is 0.500. The number of hydrogen-bond donors (Lipinski definition) is 0. The summed E-state index contributed by atoms with van der Waals surface area (Å²) in [7, 11) is 0. The second-order valence-electron chi connectivity index (χ2n) is 6.17. The van der Waals surface area contributed by atoms with Gasteiger partial charge >= 0.3 is 6.18 Å². The first-order valence-corrected chi connectivity index (χ1v) is 10.0. The number of rotatable bonds is 4. The zero-order valence-electron chi connectivity index (χ0n) is 15.2. The lowest BCUT2D eigenvalue weighted by molar-refractivity contribution is -0.142. The number of anilines is 1. The molecule has 7 nitrogen and oxygen atoms in total. The summed E-state index contributed by atoms with van der Waals surface area (Å²) in [6.07, 6.45) is -1.08. The number of alkyl halides is 3. The number of carbonyl (C=O) groups is 1. The van der Waals surface area contributed by atoms with Gasteiger partial charge in [-0.3, -0.25) is 9.48 Å². The summed E-state index contributed by atoms with van der Waals surface area (Å²) in [5, 5.41) is 3.67. The van der Waals surface area contributed by atoms with E-state index in [9.17, 15) is 18.0 Å². The average molecular weight is 435 g/mol. The van der Waals surface area contributed by atoms with Crippen LogP contribution in [0.4, 0.5) is 19.0 Å². The largest absolute Gasteiger partial charge is 0.436 e. The van der Waals surface area contributed by atoms with Crippen molar-refractivity contribution >= 4 is 35.1 Å². The van der Waals surface area contributed by atoms with E-state index in [1.807, 2.05) is 17.2 Å². The van der Waals surface area contributed by atoms with Gasteiger partial charge in [0.1, 0.15) is 12.4 Å². The highest BCUT2D eigenvalue weighted by Crippen LogP contribution is 2.35. The van der Waals surface area contributed by atoms with Crippen molar-refractivity contribution < 1.29 is 18.0 Å². The number of thioether (sulfide) groups is 1. The van der Waals surface area contributed by atoms with Crippen LogP contribution in [-0.2, 0) is 17.5 Å². The molecule has 1 fully saturated rings. The van der Waals surface area contributed by atoms with Gasteiger partial charge in [-0.05, 0) is 19.2 Å². The van der Waals surface area contributed by atoms with Gasteiger partial charge < -0.3 is 9.80 Å². The zero-order chi connectivity index (χ0) is 20.5. The molecular formula is C16H18ClF3N6OS. The number of amides is 1. The van der Waals surface area contributed by atoms with Crippen LogP contribution in [0.25, 0.3) is 0 Å². The van der Waals surface area contributed by atoms with Gasteiger partial charge in [0.05, 0.1) is 10.7 Å². The van der Waals surface area contributed by atoms with Crippen LogP contribution >= 0.6 is 23.4 Å². The smallest absolute Gasteiger partial charge is 0.353 e. The molecule has 1 aliphatic heterocycles. The van der Waals surface area contributed by atoms with E-state index in [-0.39, 0.29) is 18.1 Å². The van der Waals surface area contributed by atoms with E-state index in [0.717, 1.165) is 10.5 Å². The molecule has 0 saturated carbocycles. The monoisotopic (exact) mass is 434 g/mol. The quantitative estimate of drug-likeness (QED) is 0.544. The highest BCUT2D eigenvalue weighted by Gasteiger charge is 2.38. The number of aromatic nitrogens is 4. The molecule has 12 heteroatoms. The van der Waals surface area contributed by atoms with Crippen LogP contribution in [0.2, 0.25) is 5.02 Å². The Morgan fingerprint density at radius 1 is 1.29 bits per heavy atom. The Hall–Kier alpha value is -2.01. The third-order valence-corrected chi connectivity index (χ3v) is 5.46. The fourth-order valence-corrected chi connectivity index (χ4v) is 3.47. The summed E-state index contributed by atoms with van der Waals surface area (Å²) in [5.74, 6) is 0.485. The minimum absolute atomic E-state index is 0.117. The molecule has 0 atom stereocenters. The Morgan fingerprint density at radius 2 is 1.96 bits per heavy atom. The van der Waals surface area contributed by atoms with Crippen molar-refractivity contribution in [1.29, 1.82) is 0 Å². The summed E-state index contributed by atoms with van der Waals surface area (Å²) in [6, 6.07) is 1.81. The lowest BCUT2D eigenvalue weighted by Crippen LogP contribution is -2.50. The number of piperazine rings is 1. The minimum Gasteiger partial charge on any atom is -0.353 e. The molecule has 28 heavy (non-hydrogen) atoms. The Kier molecular flexibility index (Phi) is 6.04. The molecule has 0 aromatic carbocycles. The van der Waals surface area contributed by atoms with E-state index in [1.165, 1.54) is 18.7 Å². The molecule has 3 heterocycles. The van der Waals surface area contributed by atoms with E-state index in [1.54, 1.807) is 11.1 Å². The van der Waals surface area contributed by atoms with Gasteiger partial charge in [0, 0.05) is 32.4 Å². The number of nitrogens with zero attached hydrogens (tertiary/aromatic N) is 6. The third-order valence-electron chi connectivity index (χ3n) is 4.44. The van der Waals surface area contributed by atoms with Gasteiger partial charge in [0.2, 0.25) is 5.91 Å². The maximum absolute atomic E-state index is 12.9. The lowest BCUT2D eigenvalue weighted by Gasteiger charge is -2.35. The van der Waals surface area contributed by atoms with Gasteiger partial charge in [-0.15, -0.1) is 0 Å². The molecule has 0 bridgehead atoms. The van der Waals surface area contributed by atoms with Gasteiger partial charge in [-0.2, -0.15) is 18.3 Å². The van der Waals surface area contributed by atoms with Crippen molar-refractivity contribution in [3.63, 3.8) is 0 Å². The summed E-state index contributed by atoms with van der Waals surface area (Å²) in [6.45, 7) is 3.15. The van der Waals surface area contributed by atoms with E-state index < -0.39 is 16.9 Å². The standard InChI is InChI=1S/C16H18ClF3N6OS/c1-10-13(17)14(16(18,19)20)23-26(10)9-12(27)25-7-5-24(6-8-25)11-3-4-21-15(22-11)28-2/h3-4H,5-9H2,1-2H3. The molecule has 1 aliphatic rings. The van der Waals surface area contributed by atoms with Crippen molar-refractivity contribution in [2.45, 2.75) is 24.8 Å². The Balaban J connectivity index is 1.63. The molecule has 0 unspecified atom stereocenters. The van der Waals surface area contributed by atoms with Crippen LogP contribution < -0.4 is 4.90 Å². The van der Waals surface area contributed by atoms with Crippen molar-refractivity contribution in [3.8, 4) is 0 Å². The average Bonchev–Trinajstić information content (AvgIpc) is 2.97. The predicted molar refractivity (Wildman–Crippen MR) is 99.6 cm³/mol. The second-order valence-corrected chi connectivity index (χ2v) is 7.32. The van der Waals surface area contributed by atoms with Crippen molar-refractivity contribution in [1.82, 2.24) is 24.6 Å². The maximum atomic E-state index is 12.9. The lowest BCUT2D eigenvalue weighted by atomic mass is 10.3. The summed E-state index contributed by atoms with van der Waals surface area (Å²) in [5.41, 5.74) is -1.05. The van der Waals surface area contributed by atoms with Crippen LogP contribution in [0.1, 0.15) is 11.4 Å². The first-order valence-electron chi connectivity index (χ1n) is 8.40. The molecule has 1 saturated heterocycles. The van der Waals surface area contributed by atoms with E-state index >= 15 is 0 Å². The third kappa shape index (κ3) is 4.35. The number of halogens is 4. The van der Waals surface area contributed by atoms with Crippen LogP contribution in [0, 0.1) is 6.92 Å². The molecule has 2 aromatic rings. The Morgan fingerprint density at radius 3 is 2.54 bits per heavy atom. The predicted octanol–water partition coefficient (Wildman–Crippen LogP) is 2.72. The van der Waals surface area contributed by atoms with E-state index in [4.69, 9.17) is 11.6 Å². The van der Waals surface area contributed by atoms with Crippen molar-refractivity contribution in [2.75, 3.05) is 37.3 Å². The first kappa shape index (κ1) is 20.7. The Bertz CT molecular complexity index is 867. The van der Waals surface area contributed by atoms with E-state index in [2.05, 4.69) is 15.1 Å². The first-order chi connectivity index (χ1) is 13.2.